The first kappa shape index (κ1) is 61.8. The standard InChI is InChI=1S/2C29H33ClNO2.C8H18.2BrH/c2*30-27-13-11-24(12-14-27)23-33-22-21-31-18-15-28(16-19-31,17-20-31)29(32,25-7-3-1-4-8-25)26-9-5-2-6-10-26;1-3-5-7-8-6-4-2;;/h2*1-14,32H,15-23H2;3-8H2,1-2H3;2*1H/q2*+1;;;/p-2. The summed E-state index contributed by atoms with van der Waals surface area (Å²) < 4.78 is 14.3. The highest BCUT2D eigenvalue weighted by Crippen LogP contribution is 2.59. The van der Waals surface area contributed by atoms with Crippen molar-refractivity contribution in [2.45, 2.75) is 115 Å². The molecule has 0 aliphatic carbocycles. The van der Waals surface area contributed by atoms with Crippen LogP contribution in [0.3, 0.4) is 0 Å². The van der Waals surface area contributed by atoms with Crippen LogP contribution in [0, 0.1) is 10.8 Å². The van der Waals surface area contributed by atoms with Crippen molar-refractivity contribution >= 4 is 23.2 Å². The van der Waals surface area contributed by atoms with Crippen molar-refractivity contribution in [1.82, 2.24) is 0 Å². The number of unbranched alkanes of at least 4 members (excludes halogenated alkanes) is 5. The quantitative estimate of drug-likeness (QED) is 0.0559. The fraction of sp³-hybridized carbons (Fsp3) is 0.455. The second-order valence-electron chi connectivity index (χ2n) is 22.2. The van der Waals surface area contributed by atoms with Crippen LogP contribution in [0.4, 0.5) is 0 Å². The smallest absolute Gasteiger partial charge is 0.121 e. The molecule has 6 aromatic rings. The van der Waals surface area contributed by atoms with Crippen molar-refractivity contribution in [1.29, 1.82) is 0 Å². The molecule has 76 heavy (non-hydrogen) atoms. The van der Waals surface area contributed by atoms with Crippen molar-refractivity contribution in [3.8, 4) is 0 Å². The second-order valence-corrected chi connectivity index (χ2v) is 23.1. The fourth-order valence-electron chi connectivity index (χ4n) is 13.1. The van der Waals surface area contributed by atoms with E-state index in [1.54, 1.807) is 0 Å². The van der Waals surface area contributed by atoms with Crippen LogP contribution in [0.2, 0.25) is 10.0 Å². The van der Waals surface area contributed by atoms with E-state index in [0.717, 1.165) is 156 Å². The maximum atomic E-state index is 12.5. The Morgan fingerprint density at radius 2 is 0.671 bits per heavy atom. The molecule has 6 aliphatic rings. The van der Waals surface area contributed by atoms with Crippen LogP contribution in [-0.2, 0) is 33.9 Å². The van der Waals surface area contributed by atoms with E-state index in [1.807, 2.05) is 121 Å². The summed E-state index contributed by atoms with van der Waals surface area (Å²) >= 11 is 12.0. The van der Waals surface area contributed by atoms with Gasteiger partial charge in [0.2, 0.25) is 0 Å². The molecule has 4 bridgehead atoms. The first-order valence-electron chi connectivity index (χ1n) is 28.0. The molecule has 2 N–H and O–H groups in total. The molecule has 410 valence electrons. The summed E-state index contributed by atoms with van der Waals surface area (Å²) in [5, 5.41) is 26.4. The number of benzene rings is 6. The van der Waals surface area contributed by atoms with Gasteiger partial charge >= 0.3 is 0 Å². The largest absolute Gasteiger partial charge is 1.00 e. The van der Waals surface area contributed by atoms with Crippen LogP contribution in [0.1, 0.15) is 124 Å². The third kappa shape index (κ3) is 14.5. The Labute approximate surface area is 487 Å². The molecule has 12 rings (SSSR count). The predicted molar refractivity (Wildman–Crippen MR) is 305 cm³/mol. The van der Waals surface area contributed by atoms with Crippen molar-refractivity contribution in [2.75, 3.05) is 65.6 Å². The third-order valence-electron chi connectivity index (χ3n) is 17.9. The first-order valence-corrected chi connectivity index (χ1v) is 28.8. The van der Waals surface area contributed by atoms with E-state index >= 15 is 0 Å². The minimum Gasteiger partial charge on any atom is -1.00 e. The predicted octanol–water partition coefficient (Wildman–Crippen LogP) is 8.96. The molecule has 0 aromatic heterocycles. The number of fused-ring (bicyclic) bond motifs is 6. The van der Waals surface area contributed by atoms with Crippen LogP contribution < -0.4 is 34.0 Å². The van der Waals surface area contributed by atoms with Gasteiger partial charge in [-0.15, -0.1) is 0 Å². The summed E-state index contributed by atoms with van der Waals surface area (Å²) in [7, 11) is 0. The van der Waals surface area contributed by atoms with Gasteiger partial charge in [-0.05, 0) is 57.6 Å². The molecule has 0 radical (unpaired) electrons. The van der Waals surface area contributed by atoms with Gasteiger partial charge in [-0.2, -0.15) is 0 Å². The van der Waals surface area contributed by atoms with Crippen LogP contribution in [0.15, 0.2) is 170 Å². The lowest BCUT2D eigenvalue weighted by molar-refractivity contribution is -0.946. The Hall–Kier alpha value is -3.38. The number of ether oxygens (including phenoxy) is 2. The normalized spacial score (nSPS) is 22.4. The van der Waals surface area contributed by atoms with Crippen molar-refractivity contribution < 1.29 is 62.6 Å². The minimum atomic E-state index is -0.961. The van der Waals surface area contributed by atoms with E-state index < -0.39 is 11.2 Å². The lowest BCUT2D eigenvalue weighted by Crippen LogP contribution is -3.00. The van der Waals surface area contributed by atoms with Gasteiger partial charge in [-0.25, -0.2) is 0 Å². The van der Waals surface area contributed by atoms with Gasteiger partial charge in [0.25, 0.3) is 0 Å². The zero-order valence-corrected chi connectivity index (χ0v) is 49.9. The summed E-state index contributed by atoms with van der Waals surface area (Å²) in [6.45, 7) is 16.0. The summed E-state index contributed by atoms with van der Waals surface area (Å²) in [6.07, 6.45) is 14.7. The SMILES string of the molecule is CCCCCCCC.OC(c1ccccc1)(c1ccccc1)C12CC[N+](CCOCc3ccc(Cl)cc3)(CC1)CC2.OC(c1ccccc1)(c1ccccc1)C12CC[N+](CCOCc3ccc(Cl)cc3)(CC1)CC2.[Br-].[Br-]. The number of aliphatic hydroxyl groups is 2. The average molecular weight is 1200 g/mol. The minimum absolute atomic E-state index is 0. The lowest BCUT2D eigenvalue weighted by Gasteiger charge is -2.60. The van der Waals surface area contributed by atoms with Crippen molar-refractivity contribution in [2.24, 2.45) is 10.8 Å². The molecule has 6 aliphatic heterocycles. The number of quaternary nitrogens is 2. The number of nitrogens with zero attached hydrogens (tertiary/aromatic N) is 2. The van der Waals surface area contributed by atoms with Crippen LogP contribution in [0.25, 0.3) is 0 Å². The molecule has 6 saturated heterocycles. The molecule has 6 heterocycles. The highest BCUT2D eigenvalue weighted by Gasteiger charge is 2.61. The Balaban J connectivity index is 0.000000211. The van der Waals surface area contributed by atoms with Crippen LogP contribution in [-0.4, -0.2) is 84.8 Å². The van der Waals surface area contributed by atoms with E-state index in [4.69, 9.17) is 32.7 Å². The maximum absolute atomic E-state index is 12.5. The summed E-state index contributed by atoms with van der Waals surface area (Å²) in [4.78, 5) is 0. The van der Waals surface area contributed by atoms with E-state index in [1.165, 1.54) is 38.5 Å². The van der Waals surface area contributed by atoms with Crippen LogP contribution >= 0.6 is 23.2 Å². The fourth-order valence-corrected chi connectivity index (χ4v) is 13.3. The summed E-state index contributed by atoms with van der Waals surface area (Å²) in [5.41, 5.74) is 4.22. The van der Waals surface area contributed by atoms with E-state index in [-0.39, 0.29) is 44.8 Å². The second kappa shape index (κ2) is 29.2. The zero-order valence-electron chi connectivity index (χ0n) is 45.3. The van der Waals surface area contributed by atoms with E-state index in [9.17, 15) is 10.2 Å². The Morgan fingerprint density at radius 3 is 0.921 bits per heavy atom. The topological polar surface area (TPSA) is 58.9 Å². The molecule has 0 amide bonds. The Kier molecular flexibility index (Phi) is 23.7. The van der Waals surface area contributed by atoms with E-state index in [2.05, 4.69) is 62.4 Å². The number of hydrogen-bond donors (Lipinski definition) is 2. The zero-order chi connectivity index (χ0) is 51.8. The average Bonchev–Trinajstić information content (AvgIpc) is 3.48. The summed E-state index contributed by atoms with van der Waals surface area (Å²) in [6, 6.07) is 57.0. The highest BCUT2D eigenvalue weighted by atomic mass is 79.9. The number of hydrogen-bond acceptors (Lipinski definition) is 4. The van der Waals surface area contributed by atoms with Gasteiger partial charge in [0, 0.05) is 59.4 Å². The Morgan fingerprint density at radius 1 is 0.408 bits per heavy atom. The first-order chi connectivity index (χ1) is 36.0. The lowest BCUT2D eigenvalue weighted by atomic mass is 9.56. The van der Waals surface area contributed by atoms with Crippen molar-refractivity contribution in [3.63, 3.8) is 0 Å². The third-order valence-corrected chi connectivity index (χ3v) is 18.4. The maximum Gasteiger partial charge on any atom is 0.121 e. The molecule has 10 heteroatoms. The number of rotatable bonds is 21. The molecule has 0 spiro atoms. The Bertz CT molecular complexity index is 2270. The monoisotopic (exact) mass is 1200 g/mol. The van der Waals surface area contributed by atoms with Crippen molar-refractivity contribution in [3.05, 3.63) is 213 Å². The van der Waals surface area contributed by atoms with Gasteiger partial charge in [0.05, 0.1) is 65.7 Å². The molecule has 0 unspecified atom stereocenters. The molecule has 0 atom stereocenters. The van der Waals surface area contributed by atoms with Gasteiger partial charge in [0.15, 0.2) is 0 Å². The molecule has 0 saturated carbocycles. The van der Waals surface area contributed by atoms with E-state index in [0.29, 0.717) is 13.2 Å². The molecular formula is C66H84Br2Cl2N2O4. The van der Waals surface area contributed by atoms with Gasteiger partial charge in [-0.1, -0.05) is 221 Å². The molecule has 6 aromatic carbocycles. The van der Waals surface area contributed by atoms with Gasteiger partial charge in [0.1, 0.15) is 24.3 Å². The number of halogens is 4. The molecule has 6 fully saturated rings. The highest BCUT2D eigenvalue weighted by molar-refractivity contribution is 6.30. The van der Waals surface area contributed by atoms with Gasteiger partial charge in [-0.3, -0.25) is 0 Å². The molecule has 6 nitrogen and oxygen atoms in total. The number of piperidine rings is 6. The molecular weight excluding hydrogens is 1120 g/mol. The summed E-state index contributed by atoms with van der Waals surface area (Å²) in [5.74, 6) is 0. The van der Waals surface area contributed by atoms with Crippen LogP contribution in [0.5, 0.6) is 0 Å². The van der Waals surface area contributed by atoms with Gasteiger partial charge < -0.3 is 62.6 Å².